The van der Waals surface area contributed by atoms with Crippen LogP contribution < -0.4 is 0 Å². The zero-order valence-electron chi connectivity index (χ0n) is 8.95. The summed E-state index contributed by atoms with van der Waals surface area (Å²) in [6.07, 6.45) is 1.90. The molecule has 1 aromatic carbocycles. The Morgan fingerprint density at radius 1 is 1.38 bits per heavy atom. The summed E-state index contributed by atoms with van der Waals surface area (Å²) in [7, 11) is 0. The van der Waals surface area contributed by atoms with Crippen LogP contribution in [0.2, 0.25) is 0 Å². The van der Waals surface area contributed by atoms with Crippen LogP contribution in [0.4, 0.5) is 0 Å². The number of esters is 1. The molecular formula is C11H11BrO3S. The molecule has 3 nitrogen and oxygen atoms in total. The number of carbonyl (C=O) groups excluding carboxylic acids is 2. The van der Waals surface area contributed by atoms with Crippen LogP contribution >= 0.6 is 27.7 Å². The minimum atomic E-state index is -0.812. The number of halogens is 1. The first-order chi connectivity index (χ1) is 7.58. The Labute approximate surface area is 107 Å². The van der Waals surface area contributed by atoms with E-state index < -0.39 is 11.8 Å². The molecule has 0 aliphatic heterocycles. The number of hydrogen-bond acceptors (Lipinski definition) is 4. The van der Waals surface area contributed by atoms with Gasteiger partial charge in [0.15, 0.2) is 0 Å². The van der Waals surface area contributed by atoms with E-state index in [2.05, 4.69) is 20.7 Å². The summed E-state index contributed by atoms with van der Waals surface area (Å²) >= 11 is 4.80. The van der Waals surface area contributed by atoms with Gasteiger partial charge in [-0.05, 0) is 31.4 Å². The van der Waals surface area contributed by atoms with E-state index in [-0.39, 0.29) is 6.61 Å². The molecule has 0 N–H and O–H groups in total. The minimum Gasteiger partial charge on any atom is -0.460 e. The van der Waals surface area contributed by atoms with E-state index in [9.17, 15) is 9.59 Å². The monoisotopic (exact) mass is 302 g/mol. The normalized spacial score (nSPS) is 9.94. The fourth-order valence-electron chi connectivity index (χ4n) is 1.13. The van der Waals surface area contributed by atoms with Crippen molar-refractivity contribution in [3.63, 3.8) is 0 Å². The Morgan fingerprint density at radius 2 is 2.06 bits per heavy atom. The number of Topliss-reactive ketones (excluding diaryl/α,β-unsaturated/α-hetero) is 1. The lowest BCUT2D eigenvalue weighted by Crippen LogP contribution is -2.17. The third-order valence-electron chi connectivity index (χ3n) is 1.83. The van der Waals surface area contributed by atoms with Crippen LogP contribution in [0.25, 0.3) is 0 Å². The lowest BCUT2D eigenvalue weighted by molar-refractivity contribution is -0.137. The summed E-state index contributed by atoms with van der Waals surface area (Å²) in [5, 5.41) is 0. The molecule has 0 aromatic heterocycles. The van der Waals surface area contributed by atoms with Crippen LogP contribution in [0, 0.1) is 0 Å². The molecule has 1 rings (SSSR count). The lowest BCUT2D eigenvalue weighted by atomic mass is 10.1. The maximum Gasteiger partial charge on any atom is 0.379 e. The highest BCUT2D eigenvalue weighted by molar-refractivity contribution is 9.10. The minimum absolute atomic E-state index is 0.202. The molecule has 1 aromatic rings. The molecule has 16 heavy (non-hydrogen) atoms. The molecule has 0 amide bonds. The van der Waals surface area contributed by atoms with Gasteiger partial charge in [-0.3, -0.25) is 4.79 Å². The number of rotatable bonds is 4. The van der Waals surface area contributed by atoms with E-state index in [0.717, 1.165) is 9.37 Å². The maximum atomic E-state index is 11.7. The fourth-order valence-corrected chi connectivity index (χ4v) is 2.26. The van der Waals surface area contributed by atoms with Crippen LogP contribution in [0.15, 0.2) is 27.6 Å². The van der Waals surface area contributed by atoms with E-state index in [1.807, 2.05) is 12.3 Å². The molecule has 0 spiro atoms. The van der Waals surface area contributed by atoms with Gasteiger partial charge in [-0.15, -0.1) is 11.8 Å². The number of carbonyl (C=O) groups is 2. The maximum absolute atomic E-state index is 11.7. The third kappa shape index (κ3) is 3.35. The van der Waals surface area contributed by atoms with Crippen molar-refractivity contribution < 1.29 is 14.3 Å². The second-order valence-electron chi connectivity index (χ2n) is 2.93. The third-order valence-corrected chi connectivity index (χ3v) is 2.99. The summed E-state index contributed by atoms with van der Waals surface area (Å²) in [6.45, 7) is 1.87. The van der Waals surface area contributed by atoms with Gasteiger partial charge in [0, 0.05) is 14.9 Å². The predicted molar refractivity (Wildman–Crippen MR) is 66.9 cm³/mol. The number of benzene rings is 1. The largest absolute Gasteiger partial charge is 0.460 e. The van der Waals surface area contributed by atoms with Gasteiger partial charge in [0.05, 0.1) is 6.61 Å². The molecule has 0 atom stereocenters. The standard InChI is InChI=1S/C11H11BrO3S/c1-3-15-11(14)10(13)7-4-8(12)6-9(5-7)16-2/h4-6H,3H2,1-2H3. The molecule has 0 fully saturated rings. The molecule has 0 saturated heterocycles. The van der Waals surface area contributed by atoms with E-state index in [4.69, 9.17) is 0 Å². The van der Waals surface area contributed by atoms with Gasteiger partial charge in [0.25, 0.3) is 5.78 Å². The van der Waals surface area contributed by atoms with Gasteiger partial charge >= 0.3 is 5.97 Å². The topological polar surface area (TPSA) is 43.4 Å². The number of ketones is 1. The van der Waals surface area contributed by atoms with E-state index in [1.54, 1.807) is 19.1 Å². The van der Waals surface area contributed by atoms with E-state index >= 15 is 0 Å². The van der Waals surface area contributed by atoms with Crippen LogP contribution in [0.1, 0.15) is 17.3 Å². The smallest absolute Gasteiger partial charge is 0.379 e. The molecule has 0 heterocycles. The summed E-state index contributed by atoms with van der Waals surface area (Å²) < 4.78 is 5.43. The number of ether oxygens (including phenoxy) is 1. The van der Waals surface area contributed by atoms with Crippen LogP contribution in [-0.4, -0.2) is 24.6 Å². The van der Waals surface area contributed by atoms with Crippen LogP contribution in [-0.2, 0) is 9.53 Å². The van der Waals surface area contributed by atoms with Crippen molar-refractivity contribution in [3.05, 3.63) is 28.2 Å². The van der Waals surface area contributed by atoms with Gasteiger partial charge in [-0.1, -0.05) is 15.9 Å². The average molecular weight is 303 g/mol. The van der Waals surface area contributed by atoms with Gasteiger partial charge in [0.2, 0.25) is 0 Å². The summed E-state index contributed by atoms with van der Waals surface area (Å²) in [4.78, 5) is 23.8. The second kappa shape index (κ2) is 6.06. The highest BCUT2D eigenvalue weighted by Gasteiger charge is 2.18. The van der Waals surface area contributed by atoms with Crippen LogP contribution in [0.5, 0.6) is 0 Å². The van der Waals surface area contributed by atoms with Crippen LogP contribution in [0.3, 0.4) is 0 Å². The zero-order chi connectivity index (χ0) is 12.1. The molecule has 0 aliphatic carbocycles. The quantitative estimate of drug-likeness (QED) is 0.371. The predicted octanol–water partition coefficient (Wildman–Crippen LogP) is 2.92. The molecule has 0 bridgehead atoms. The van der Waals surface area contributed by atoms with Crippen molar-refractivity contribution in [3.8, 4) is 0 Å². The van der Waals surface area contributed by atoms with Gasteiger partial charge < -0.3 is 4.74 Å². The highest BCUT2D eigenvalue weighted by Crippen LogP contribution is 2.23. The molecular weight excluding hydrogens is 292 g/mol. The molecule has 0 saturated carbocycles. The van der Waals surface area contributed by atoms with Crippen molar-refractivity contribution in [2.75, 3.05) is 12.9 Å². The zero-order valence-corrected chi connectivity index (χ0v) is 11.4. The van der Waals surface area contributed by atoms with Crippen molar-refractivity contribution >= 4 is 39.4 Å². The second-order valence-corrected chi connectivity index (χ2v) is 4.72. The number of hydrogen-bond donors (Lipinski definition) is 0. The highest BCUT2D eigenvalue weighted by atomic mass is 79.9. The lowest BCUT2D eigenvalue weighted by Gasteiger charge is -2.04. The first-order valence-corrected chi connectivity index (χ1v) is 6.66. The van der Waals surface area contributed by atoms with Crippen molar-refractivity contribution in [1.29, 1.82) is 0 Å². The Kier molecular flexibility index (Phi) is 5.02. The summed E-state index contributed by atoms with van der Waals surface area (Å²) in [5.74, 6) is -1.42. The first kappa shape index (κ1) is 13.3. The van der Waals surface area contributed by atoms with Crippen molar-refractivity contribution in [1.82, 2.24) is 0 Å². The Bertz CT molecular complexity index is 418. The SMILES string of the molecule is CCOC(=O)C(=O)c1cc(Br)cc(SC)c1. The Morgan fingerprint density at radius 3 is 2.62 bits per heavy atom. The molecule has 86 valence electrons. The average Bonchev–Trinajstić information content (AvgIpc) is 2.27. The van der Waals surface area contributed by atoms with Gasteiger partial charge in [-0.2, -0.15) is 0 Å². The summed E-state index contributed by atoms with van der Waals surface area (Å²) in [6, 6.07) is 5.17. The van der Waals surface area contributed by atoms with Crippen molar-refractivity contribution in [2.24, 2.45) is 0 Å². The summed E-state index contributed by atoms with van der Waals surface area (Å²) in [5.41, 5.74) is 0.345. The fraction of sp³-hybridized carbons (Fsp3) is 0.273. The van der Waals surface area contributed by atoms with Gasteiger partial charge in [0.1, 0.15) is 0 Å². The van der Waals surface area contributed by atoms with Gasteiger partial charge in [-0.25, -0.2) is 4.79 Å². The van der Waals surface area contributed by atoms with Crippen molar-refractivity contribution in [2.45, 2.75) is 11.8 Å². The molecule has 0 radical (unpaired) electrons. The Hall–Kier alpha value is -0.810. The Balaban J connectivity index is 2.99. The molecule has 5 heteroatoms. The van der Waals surface area contributed by atoms with E-state index in [0.29, 0.717) is 5.56 Å². The van der Waals surface area contributed by atoms with E-state index in [1.165, 1.54) is 11.8 Å². The number of thioether (sulfide) groups is 1. The molecule has 0 aliphatic rings. The molecule has 0 unspecified atom stereocenters. The first-order valence-electron chi connectivity index (χ1n) is 4.64.